The van der Waals surface area contributed by atoms with E-state index < -0.39 is 0 Å². The van der Waals surface area contributed by atoms with Crippen LogP contribution in [0.25, 0.3) is 19.8 Å². The van der Waals surface area contributed by atoms with E-state index in [2.05, 4.69) is 37.3 Å². The molecule has 3 heteroatoms. The fourth-order valence-electron chi connectivity index (χ4n) is 4.68. The second kappa shape index (κ2) is 9.92. The van der Waals surface area contributed by atoms with Crippen LogP contribution in [0.15, 0.2) is 36.4 Å². The van der Waals surface area contributed by atoms with Gasteiger partial charge in [0.15, 0.2) is 0 Å². The smallest absolute Gasteiger partial charge is 0.0991 e. The first-order valence-corrected chi connectivity index (χ1v) is 12.9. The van der Waals surface area contributed by atoms with Crippen LogP contribution < -0.4 is 0 Å². The SMILES string of the molecule is CCCCCCCC1CCC(c2cc3sc(-c4ccc(C#N)cc4)cc3s2)CC1. The van der Waals surface area contributed by atoms with Crippen LogP contribution in [-0.2, 0) is 0 Å². The van der Waals surface area contributed by atoms with Gasteiger partial charge in [-0.1, -0.05) is 57.6 Å². The summed E-state index contributed by atoms with van der Waals surface area (Å²) in [6.07, 6.45) is 14.2. The molecule has 2 heterocycles. The number of unbranched alkanes of at least 4 members (excludes halogenated alkanes) is 4. The molecule has 0 unspecified atom stereocenters. The molecule has 29 heavy (non-hydrogen) atoms. The van der Waals surface area contributed by atoms with E-state index in [-0.39, 0.29) is 0 Å². The van der Waals surface area contributed by atoms with E-state index in [1.54, 1.807) is 4.88 Å². The lowest BCUT2D eigenvalue weighted by Gasteiger charge is -2.28. The van der Waals surface area contributed by atoms with Crippen molar-refractivity contribution in [2.75, 3.05) is 0 Å². The Hall–Kier alpha value is -1.63. The lowest BCUT2D eigenvalue weighted by atomic mass is 9.79. The molecule has 0 spiro atoms. The summed E-state index contributed by atoms with van der Waals surface area (Å²) < 4.78 is 2.87. The first-order valence-electron chi connectivity index (χ1n) is 11.3. The van der Waals surface area contributed by atoms with Gasteiger partial charge in [-0.05, 0) is 67.3 Å². The number of rotatable bonds is 8. The zero-order chi connectivity index (χ0) is 20.1. The van der Waals surface area contributed by atoms with Crippen LogP contribution >= 0.6 is 22.7 Å². The summed E-state index contributed by atoms with van der Waals surface area (Å²) in [6.45, 7) is 2.30. The van der Waals surface area contributed by atoms with Crippen molar-refractivity contribution >= 4 is 32.1 Å². The highest BCUT2D eigenvalue weighted by Gasteiger charge is 2.24. The Morgan fingerprint density at radius 2 is 1.62 bits per heavy atom. The van der Waals surface area contributed by atoms with Gasteiger partial charge in [-0.2, -0.15) is 5.26 Å². The van der Waals surface area contributed by atoms with Crippen molar-refractivity contribution in [1.29, 1.82) is 5.26 Å². The summed E-state index contributed by atoms with van der Waals surface area (Å²) in [7, 11) is 0. The molecule has 1 nitrogen and oxygen atoms in total. The van der Waals surface area contributed by atoms with Gasteiger partial charge in [0, 0.05) is 19.2 Å². The molecule has 1 fully saturated rings. The number of hydrogen-bond donors (Lipinski definition) is 0. The monoisotopic (exact) mass is 421 g/mol. The fourth-order valence-corrected chi connectivity index (χ4v) is 7.26. The molecular formula is C26H31NS2. The number of nitrogens with zero attached hydrogens (tertiary/aromatic N) is 1. The zero-order valence-corrected chi connectivity index (χ0v) is 19.1. The minimum absolute atomic E-state index is 0.728. The molecule has 0 bridgehead atoms. The second-order valence-corrected chi connectivity index (χ2v) is 10.8. The molecule has 1 saturated carbocycles. The first kappa shape index (κ1) is 20.6. The molecule has 0 atom stereocenters. The first-order chi connectivity index (χ1) is 14.3. The number of thiophene rings is 2. The number of hydrogen-bond acceptors (Lipinski definition) is 3. The molecule has 4 rings (SSSR count). The summed E-state index contributed by atoms with van der Waals surface area (Å²) in [5.41, 5.74) is 1.95. The topological polar surface area (TPSA) is 23.8 Å². The summed E-state index contributed by atoms with van der Waals surface area (Å²) in [4.78, 5) is 2.92. The van der Waals surface area contributed by atoms with E-state index in [1.807, 2.05) is 34.8 Å². The number of nitriles is 1. The van der Waals surface area contributed by atoms with E-state index >= 15 is 0 Å². The third-order valence-corrected chi connectivity index (χ3v) is 8.99. The lowest BCUT2D eigenvalue weighted by molar-refractivity contribution is 0.304. The van der Waals surface area contributed by atoms with Crippen LogP contribution in [0.2, 0.25) is 0 Å². The van der Waals surface area contributed by atoms with Crippen LogP contribution in [0.5, 0.6) is 0 Å². The van der Waals surface area contributed by atoms with Gasteiger partial charge >= 0.3 is 0 Å². The lowest BCUT2D eigenvalue weighted by Crippen LogP contribution is -2.12. The molecule has 0 saturated heterocycles. The molecule has 0 aliphatic heterocycles. The minimum Gasteiger partial charge on any atom is -0.192 e. The Balaban J connectivity index is 1.32. The van der Waals surface area contributed by atoms with Crippen LogP contribution in [-0.4, -0.2) is 0 Å². The van der Waals surface area contributed by atoms with Crippen molar-refractivity contribution in [2.45, 2.75) is 77.0 Å². The van der Waals surface area contributed by atoms with Crippen LogP contribution in [0.4, 0.5) is 0 Å². The highest BCUT2D eigenvalue weighted by molar-refractivity contribution is 7.29. The zero-order valence-electron chi connectivity index (χ0n) is 17.5. The molecule has 0 amide bonds. The highest BCUT2D eigenvalue weighted by Crippen LogP contribution is 2.45. The molecule has 0 radical (unpaired) electrons. The van der Waals surface area contributed by atoms with Gasteiger partial charge in [-0.3, -0.25) is 0 Å². The maximum atomic E-state index is 8.98. The number of fused-ring (bicyclic) bond motifs is 1. The molecule has 152 valence electrons. The predicted octanol–water partition coefficient (Wildman–Crippen LogP) is 9.14. The van der Waals surface area contributed by atoms with Crippen molar-refractivity contribution in [3.8, 4) is 16.5 Å². The summed E-state index contributed by atoms with van der Waals surface area (Å²) in [6, 6.07) is 15.0. The molecule has 1 aliphatic carbocycles. The normalized spacial score (nSPS) is 19.4. The minimum atomic E-state index is 0.728. The largest absolute Gasteiger partial charge is 0.192 e. The van der Waals surface area contributed by atoms with E-state index in [0.717, 1.165) is 17.4 Å². The second-order valence-electron chi connectivity index (χ2n) is 8.60. The van der Waals surface area contributed by atoms with E-state index in [4.69, 9.17) is 5.26 Å². The standard InChI is InChI=1S/C26H31NS2/c1-2-3-4-5-6-7-19-8-12-21(13-9-19)23-16-25-26(28-23)17-24(29-25)22-14-10-20(18-27)11-15-22/h10-11,14-17,19,21H,2-9,12-13H2,1H3. The van der Waals surface area contributed by atoms with Crippen molar-refractivity contribution in [3.63, 3.8) is 0 Å². The molecular weight excluding hydrogens is 390 g/mol. The Morgan fingerprint density at radius 1 is 0.897 bits per heavy atom. The highest BCUT2D eigenvalue weighted by atomic mass is 32.1. The van der Waals surface area contributed by atoms with Crippen molar-refractivity contribution in [2.24, 2.45) is 5.92 Å². The Bertz CT molecular complexity index is 917. The van der Waals surface area contributed by atoms with Crippen LogP contribution in [0.3, 0.4) is 0 Å². The Labute approximate surface area is 183 Å². The maximum Gasteiger partial charge on any atom is 0.0991 e. The van der Waals surface area contributed by atoms with E-state index in [1.165, 1.54) is 84.0 Å². The predicted molar refractivity (Wildman–Crippen MR) is 128 cm³/mol. The molecule has 2 aromatic heterocycles. The molecule has 0 N–H and O–H groups in total. The van der Waals surface area contributed by atoms with Gasteiger partial charge in [-0.15, -0.1) is 22.7 Å². The average molecular weight is 422 g/mol. The summed E-state index contributed by atoms with van der Waals surface area (Å²) in [5, 5.41) is 8.98. The van der Waals surface area contributed by atoms with Gasteiger partial charge in [0.2, 0.25) is 0 Å². The van der Waals surface area contributed by atoms with Crippen molar-refractivity contribution in [3.05, 3.63) is 46.8 Å². The van der Waals surface area contributed by atoms with Gasteiger partial charge in [0.1, 0.15) is 0 Å². The summed E-state index contributed by atoms with van der Waals surface area (Å²) >= 11 is 3.91. The van der Waals surface area contributed by atoms with Gasteiger partial charge in [-0.25, -0.2) is 0 Å². The molecule has 3 aromatic rings. The Morgan fingerprint density at radius 3 is 2.31 bits per heavy atom. The van der Waals surface area contributed by atoms with Crippen molar-refractivity contribution < 1.29 is 0 Å². The molecule has 1 aliphatic rings. The summed E-state index contributed by atoms with van der Waals surface area (Å²) in [5.74, 6) is 1.77. The molecule has 1 aromatic carbocycles. The van der Waals surface area contributed by atoms with Crippen molar-refractivity contribution in [1.82, 2.24) is 0 Å². The number of benzene rings is 1. The van der Waals surface area contributed by atoms with Crippen LogP contribution in [0.1, 0.15) is 87.5 Å². The maximum absolute atomic E-state index is 8.98. The fraction of sp³-hybridized carbons (Fsp3) is 0.500. The van der Waals surface area contributed by atoms with Gasteiger partial charge in [0.05, 0.1) is 11.6 Å². The Kier molecular flexibility index (Phi) is 7.06. The van der Waals surface area contributed by atoms with Gasteiger partial charge < -0.3 is 0 Å². The quantitative estimate of drug-likeness (QED) is 0.333. The van der Waals surface area contributed by atoms with E-state index in [0.29, 0.717) is 0 Å². The van der Waals surface area contributed by atoms with Gasteiger partial charge in [0.25, 0.3) is 0 Å². The average Bonchev–Trinajstić information content (AvgIpc) is 3.34. The van der Waals surface area contributed by atoms with E-state index in [9.17, 15) is 0 Å². The third kappa shape index (κ3) is 5.11. The third-order valence-electron chi connectivity index (χ3n) is 6.49. The van der Waals surface area contributed by atoms with Crippen LogP contribution in [0, 0.1) is 17.2 Å².